The second-order valence-corrected chi connectivity index (χ2v) is 5.12. The fraction of sp³-hybridized carbons (Fsp3) is 0.500. The minimum Gasteiger partial charge on any atom is -0.398 e. The summed E-state index contributed by atoms with van der Waals surface area (Å²) in [5, 5.41) is 10.8. The number of carbonyl (C=O) groups is 1. The van der Waals surface area contributed by atoms with Crippen LogP contribution in [0.3, 0.4) is 0 Å². The highest BCUT2D eigenvalue weighted by atomic mass is 16.6. The summed E-state index contributed by atoms with van der Waals surface area (Å²) >= 11 is 0. The third-order valence-corrected chi connectivity index (χ3v) is 3.08. The number of nitrogens with zero attached hydrogens (tertiary/aromatic N) is 3. The lowest BCUT2D eigenvalue weighted by atomic mass is 10.1. The lowest BCUT2D eigenvalue weighted by Gasteiger charge is -2.24. The van der Waals surface area contributed by atoms with E-state index in [4.69, 9.17) is 5.73 Å². The second kappa shape index (κ2) is 7.58. The first kappa shape index (κ1) is 16.9. The minimum absolute atomic E-state index is 0.128. The number of hydrogen-bond donors (Lipinski definition) is 1. The van der Waals surface area contributed by atoms with Gasteiger partial charge >= 0.3 is 0 Å². The highest BCUT2D eigenvalue weighted by Gasteiger charge is 2.20. The molecule has 0 spiro atoms. The molecule has 1 aromatic carbocycles. The molecular weight excluding hydrogens is 272 g/mol. The molecular formula is C14H22N4O3. The fourth-order valence-corrected chi connectivity index (χ4v) is 1.92. The fourth-order valence-electron chi connectivity index (χ4n) is 1.92. The number of rotatable bonds is 7. The molecule has 0 atom stereocenters. The van der Waals surface area contributed by atoms with Gasteiger partial charge in [-0.05, 0) is 26.6 Å². The van der Waals surface area contributed by atoms with E-state index in [0.29, 0.717) is 13.1 Å². The van der Waals surface area contributed by atoms with Crippen LogP contribution in [0.2, 0.25) is 0 Å². The van der Waals surface area contributed by atoms with Crippen LogP contribution in [0.1, 0.15) is 23.7 Å². The summed E-state index contributed by atoms with van der Waals surface area (Å²) in [6.07, 6.45) is 0.813. The van der Waals surface area contributed by atoms with Crippen molar-refractivity contribution >= 4 is 17.3 Å². The van der Waals surface area contributed by atoms with Gasteiger partial charge in [-0.15, -0.1) is 0 Å². The lowest BCUT2D eigenvalue weighted by Crippen LogP contribution is -2.37. The molecule has 0 fully saturated rings. The molecule has 0 saturated carbocycles. The molecule has 0 heterocycles. The van der Waals surface area contributed by atoms with E-state index in [-0.39, 0.29) is 22.8 Å². The quantitative estimate of drug-likeness (QED) is 0.468. The van der Waals surface area contributed by atoms with Crippen molar-refractivity contribution in [1.82, 2.24) is 9.80 Å². The Bertz CT molecular complexity index is 517. The van der Waals surface area contributed by atoms with Gasteiger partial charge in [0, 0.05) is 37.5 Å². The van der Waals surface area contributed by atoms with Crippen LogP contribution >= 0.6 is 0 Å². The van der Waals surface area contributed by atoms with Crippen molar-refractivity contribution in [2.75, 3.05) is 39.5 Å². The number of anilines is 1. The van der Waals surface area contributed by atoms with Gasteiger partial charge in [-0.25, -0.2) is 0 Å². The summed E-state index contributed by atoms with van der Waals surface area (Å²) in [6.45, 7) is 3.85. The summed E-state index contributed by atoms with van der Waals surface area (Å²) in [6, 6.07) is 3.95. The van der Waals surface area contributed by atoms with Crippen LogP contribution in [0, 0.1) is 10.1 Å². The van der Waals surface area contributed by atoms with Crippen molar-refractivity contribution in [3.05, 3.63) is 33.9 Å². The van der Waals surface area contributed by atoms with E-state index in [1.54, 1.807) is 4.90 Å². The van der Waals surface area contributed by atoms with Gasteiger partial charge in [0.15, 0.2) is 0 Å². The number of nitro groups is 1. The molecule has 7 heteroatoms. The monoisotopic (exact) mass is 294 g/mol. The standard InChI is InChI=1S/C14H22N4O3/c1-4-7-17(9-8-16(2)3)14(19)12-10-11(18(20)21)5-6-13(12)15/h5-6,10H,4,7-9,15H2,1-3H3. The smallest absolute Gasteiger partial charge is 0.270 e. The largest absolute Gasteiger partial charge is 0.398 e. The number of carbonyl (C=O) groups excluding carboxylic acids is 1. The molecule has 2 N–H and O–H groups in total. The first-order chi connectivity index (χ1) is 9.86. The van der Waals surface area contributed by atoms with Crippen molar-refractivity contribution < 1.29 is 9.72 Å². The topological polar surface area (TPSA) is 92.7 Å². The van der Waals surface area contributed by atoms with Gasteiger partial charge < -0.3 is 15.5 Å². The predicted octanol–water partition coefficient (Wildman–Crippen LogP) is 1.59. The van der Waals surface area contributed by atoms with Gasteiger partial charge in [-0.2, -0.15) is 0 Å². The summed E-state index contributed by atoms with van der Waals surface area (Å²) in [7, 11) is 3.85. The Morgan fingerprint density at radius 3 is 2.48 bits per heavy atom. The number of hydrogen-bond acceptors (Lipinski definition) is 5. The number of nitro benzene ring substituents is 1. The zero-order valence-corrected chi connectivity index (χ0v) is 12.7. The third-order valence-electron chi connectivity index (χ3n) is 3.08. The van der Waals surface area contributed by atoms with E-state index >= 15 is 0 Å². The SMILES string of the molecule is CCCN(CCN(C)C)C(=O)c1cc([N+](=O)[O-])ccc1N. The van der Waals surface area contributed by atoms with Gasteiger partial charge in [-0.3, -0.25) is 14.9 Å². The number of likely N-dealkylation sites (N-methyl/N-ethyl adjacent to an activating group) is 1. The summed E-state index contributed by atoms with van der Waals surface area (Å²) < 4.78 is 0. The number of nitrogen functional groups attached to an aromatic ring is 1. The Kier molecular flexibility index (Phi) is 6.10. The van der Waals surface area contributed by atoms with E-state index in [2.05, 4.69) is 0 Å². The normalized spacial score (nSPS) is 10.7. The van der Waals surface area contributed by atoms with Crippen LogP contribution in [0.5, 0.6) is 0 Å². The van der Waals surface area contributed by atoms with Crippen molar-refractivity contribution in [1.29, 1.82) is 0 Å². The van der Waals surface area contributed by atoms with E-state index in [0.717, 1.165) is 13.0 Å². The molecule has 1 rings (SSSR count). The van der Waals surface area contributed by atoms with Crippen LogP contribution in [-0.2, 0) is 0 Å². The zero-order valence-electron chi connectivity index (χ0n) is 12.7. The van der Waals surface area contributed by atoms with Gasteiger partial charge in [-0.1, -0.05) is 6.92 Å². The number of nitrogens with two attached hydrogens (primary N) is 1. The molecule has 0 aliphatic carbocycles. The molecule has 0 bridgehead atoms. The summed E-state index contributed by atoms with van der Waals surface area (Å²) in [5.41, 5.74) is 6.12. The Morgan fingerprint density at radius 2 is 1.95 bits per heavy atom. The Labute approximate surface area is 124 Å². The molecule has 0 aromatic heterocycles. The molecule has 0 aliphatic rings. The molecule has 7 nitrogen and oxygen atoms in total. The molecule has 1 amide bonds. The van der Waals surface area contributed by atoms with Crippen molar-refractivity contribution in [3.63, 3.8) is 0 Å². The van der Waals surface area contributed by atoms with Crippen LogP contribution in [0.25, 0.3) is 0 Å². The maximum absolute atomic E-state index is 12.5. The van der Waals surface area contributed by atoms with Crippen LogP contribution in [-0.4, -0.2) is 54.4 Å². The molecule has 21 heavy (non-hydrogen) atoms. The first-order valence-electron chi connectivity index (χ1n) is 6.84. The first-order valence-corrected chi connectivity index (χ1v) is 6.84. The number of benzene rings is 1. The lowest BCUT2D eigenvalue weighted by molar-refractivity contribution is -0.384. The van der Waals surface area contributed by atoms with Crippen molar-refractivity contribution in [2.45, 2.75) is 13.3 Å². The van der Waals surface area contributed by atoms with Crippen LogP contribution in [0.15, 0.2) is 18.2 Å². The van der Waals surface area contributed by atoms with E-state index in [1.165, 1.54) is 18.2 Å². The molecule has 0 radical (unpaired) electrons. The van der Waals surface area contributed by atoms with Crippen molar-refractivity contribution in [2.24, 2.45) is 0 Å². The number of non-ortho nitro benzene ring substituents is 1. The van der Waals surface area contributed by atoms with Gasteiger partial charge in [0.05, 0.1) is 10.5 Å². The van der Waals surface area contributed by atoms with E-state index in [1.807, 2.05) is 25.9 Å². The molecule has 0 saturated heterocycles. The maximum atomic E-state index is 12.5. The third kappa shape index (κ3) is 4.71. The van der Waals surface area contributed by atoms with E-state index in [9.17, 15) is 14.9 Å². The summed E-state index contributed by atoms with van der Waals surface area (Å²) in [4.78, 5) is 26.5. The van der Waals surface area contributed by atoms with Crippen LogP contribution < -0.4 is 5.73 Å². The average Bonchev–Trinajstić information content (AvgIpc) is 2.42. The highest BCUT2D eigenvalue weighted by Crippen LogP contribution is 2.21. The summed E-state index contributed by atoms with van der Waals surface area (Å²) in [5.74, 6) is -0.264. The molecule has 0 unspecified atom stereocenters. The Balaban J connectivity index is 3.02. The maximum Gasteiger partial charge on any atom is 0.270 e. The van der Waals surface area contributed by atoms with Gasteiger partial charge in [0.2, 0.25) is 0 Å². The van der Waals surface area contributed by atoms with E-state index < -0.39 is 4.92 Å². The van der Waals surface area contributed by atoms with Crippen LogP contribution in [0.4, 0.5) is 11.4 Å². The minimum atomic E-state index is -0.528. The average molecular weight is 294 g/mol. The zero-order chi connectivity index (χ0) is 16.0. The molecule has 116 valence electrons. The van der Waals surface area contributed by atoms with Crippen molar-refractivity contribution in [3.8, 4) is 0 Å². The highest BCUT2D eigenvalue weighted by molar-refractivity contribution is 5.99. The molecule has 0 aliphatic heterocycles. The predicted molar refractivity (Wildman–Crippen MR) is 82.3 cm³/mol. The van der Waals surface area contributed by atoms with Gasteiger partial charge in [0.25, 0.3) is 11.6 Å². The Hall–Kier alpha value is -2.15. The Morgan fingerprint density at radius 1 is 1.29 bits per heavy atom. The number of amides is 1. The second-order valence-electron chi connectivity index (χ2n) is 5.12. The molecule has 1 aromatic rings. The van der Waals surface area contributed by atoms with Gasteiger partial charge in [0.1, 0.15) is 0 Å².